The van der Waals surface area contributed by atoms with Gasteiger partial charge in [0, 0.05) is 25.7 Å². The number of benzene rings is 1. The van der Waals surface area contributed by atoms with Gasteiger partial charge in [-0.05, 0) is 38.8 Å². The van der Waals surface area contributed by atoms with E-state index in [0.29, 0.717) is 25.4 Å². The van der Waals surface area contributed by atoms with Crippen LogP contribution in [0.1, 0.15) is 37.3 Å². The minimum Gasteiger partial charge on any atom is -0.338 e. The molecule has 5 nitrogen and oxygen atoms in total. The minimum absolute atomic E-state index is 0.0435. The van der Waals surface area contributed by atoms with Crippen molar-refractivity contribution in [2.75, 3.05) is 25.4 Å². The molecule has 0 aliphatic carbocycles. The molecule has 1 aromatic carbocycles. The average molecular weight is 350 g/mol. The van der Waals surface area contributed by atoms with Crippen LogP contribution in [0.2, 0.25) is 0 Å². The van der Waals surface area contributed by atoms with E-state index in [1.54, 1.807) is 16.7 Å². The third kappa shape index (κ3) is 4.23. The Morgan fingerprint density at radius 2 is 2.12 bits per heavy atom. The Hall–Kier alpha value is -1.69. The predicted molar refractivity (Wildman–Crippen MR) is 99.0 cm³/mol. The zero-order chi connectivity index (χ0) is 17.7. The van der Waals surface area contributed by atoms with Crippen LogP contribution in [0.4, 0.5) is 4.79 Å². The summed E-state index contributed by atoms with van der Waals surface area (Å²) in [6, 6.07) is 8.21. The number of hydrogen-bond acceptors (Lipinski definition) is 3. The average Bonchev–Trinajstić information content (AvgIpc) is 2.89. The molecule has 1 aliphatic rings. The van der Waals surface area contributed by atoms with Crippen LogP contribution >= 0.6 is 11.8 Å². The number of carbonyl (C=O) groups is 2. The van der Waals surface area contributed by atoms with Crippen molar-refractivity contribution in [1.82, 2.24) is 15.1 Å². The van der Waals surface area contributed by atoms with E-state index in [1.165, 1.54) is 11.1 Å². The lowest BCUT2D eigenvalue weighted by Crippen LogP contribution is -2.47. The highest BCUT2D eigenvalue weighted by atomic mass is 32.2. The van der Waals surface area contributed by atoms with Crippen LogP contribution in [0.25, 0.3) is 0 Å². The first-order valence-electron chi connectivity index (χ1n) is 8.46. The van der Waals surface area contributed by atoms with E-state index < -0.39 is 0 Å². The van der Waals surface area contributed by atoms with Gasteiger partial charge in [-0.3, -0.25) is 4.79 Å². The SMILES string of the molecule is CCNC(=O)N(CCN1C(=O)CS[C@@H]1c1ccccc1C)C(C)C. The summed E-state index contributed by atoms with van der Waals surface area (Å²) < 4.78 is 0. The number of amides is 3. The topological polar surface area (TPSA) is 52.7 Å². The smallest absolute Gasteiger partial charge is 0.317 e. The number of hydrogen-bond donors (Lipinski definition) is 1. The summed E-state index contributed by atoms with van der Waals surface area (Å²) in [5.41, 5.74) is 2.38. The van der Waals surface area contributed by atoms with Gasteiger partial charge in [-0.2, -0.15) is 0 Å². The molecule has 0 saturated carbocycles. The third-order valence-corrected chi connectivity index (χ3v) is 5.45. The second-order valence-electron chi connectivity index (χ2n) is 6.23. The van der Waals surface area contributed by atoms with Crippen molar-refractivity contribution in [3.05, 3.63) is 35.4 Å². The number of rotatable bonds is 6. The molecular weight excluding hydrogens is 322 g/mol. The molecule has 132 valence electrons. The molecule has 6 heteroatoms. The van der Waals surface area contributed by atoms with Crippen LogP contribution in [-0.4, -0.2) is 53.2 Å². The van der Waals surface area contributed by atoms with Crippen molar-refractivity contribution < 1.29 is 9.59 Å². The van der Waals surface area contributed by atoms with E-state index in [1.807, 2.05) is 37.8 Å². The first-order chi connectivity index (χ1) is 11.5. The summed E-state index contributed by atoms with van der Waals surface area (Å²) in [4.78, 5) is 28.2. The quantitative estimate of drug-likeness (QED) is 0.859. The standard InChI is InChI=1S/C18H27N3O2S/c1-5-19-18(23)20(13(2)3)10-11-21-16(22)12-24-17(21)15-9-7-6-8-14(15)4/h6-9,13,17H,5,10-12H2,1-4H3,(H,19,23)/t17-/m1/s1. The first-order valence-corrected chi connectivity index (χ1v) is 9.51. The van der Waals surface area contributed by atoms with Crippen LogP contribution in [0.15, 0.2) is 24.3 Å². The molecule has 0 bridgehead atoms. The van der Waals surface area contributed by atoms with Gasteiger partial charge in [0.1, 0.15) is 5.37 Å². The fourth-order valence-electron chi connectivity index (χ4n) is 2.88. The van der Waals surface area contributed by atoms with Crippen LogP contribution in [-0.2, 0) is 4.79 Å². The monoisotopic (exact) mass is 349 g/mol. The van der Waals surface area contributed by atoms with Gasteiger partial charge in [0.25, 0.3) is 0 Å². The number of nitrogens with zero attached hydrogens (tertiary/aromatic N) is 2. The van der Waals surface area contributed by atoms with Crippen LogP contribution in [0.3, 0.4) is 0 Å². The van der Waals surface area contributed by atoms with Gasteiger partial charge in [-0.15, -0.1) is 11.8 Å². The highest BCUT2D eigenvalue weighted by Gasteiger charge is 2.34. The summed E-state index contributed by atoms with van der Waals surface area (Å²) in [6.07, 6.45) is 0. The van der Waals surface area contributed by atoms with E-state index in [9.17, 15) is 9.59 Å². The summed E-state index contributed by atoms with van der Waals surface area (Å²) in [6.45, 7) is 9.67. The molecule has 0 radical (unpaired) electrons. The normalized spacial score (nSPS) is 17.5. The Morgan fingerprint density at radius 3 is 2.75 bits per heavy atom. The lowest BCUT2D eigenvalue weighted by Gasteiger charge is -2.31. The maximum atomic E-state index is 12.3. The molecule has 1 atom stereocenters. The Kier molecular flexibility index (Phi) is 6.54. The van der Waals surface area contributed by atoms with E-state index in [-0.39, 0.29) is 23.4 Å². The maximum Gasteiger partial charge on any atom is 0.317 e. The molecule has 1 fully saturated rings. The summed E-state index contributed by atoms with van der Waals surface area (Å²) >= 11 is 1.66. The van der Waals surface area contributed by atoms with Gasteiger partial charge in [-0.1, -0.05) is 24.3 Å². The zero-order valence-electron chi connectivity index (χ0n) is 14.9. The molecule has 1 heterocycles. The number of carbonyl (C=O) groups excluding carboxylic acids is 2. The molecule has 1 N–H and O–H groups in total. The molecular formula is C18H27N3O2S. The lowest BCUT2D eigenvalue weighted by molar-refractivity contribution is -0.128. The third-order valence-electron chi connectivity index (χ3n) is 4.22. The van der Waals surface area contributed by atoms with Crippen molar-refractivity contribution in [3.63, 3.8) is 0 Å². The van der Waals surface area contributed by atoms with Gasteiger partial charge in [0.05, 0.1) is 5.75 Å². The molecule has 0 unspecified atom stereocenters. The second-order valence-corrected chi connectivity index (χ2v) is 7.30. The Morgan fingerprint density at radius 1 is 1.42 bits per heavy atom. The summed E-state index contributed by atoms with van der Waals surface area (Å²) in [5.74, 6) is 0.648. The minimum atomic E-state index is -0.0701. The Balaban J connectivity index is 2.09. The van der Waals surface area contributed by atoms with E-state index in [0.717, 1.165) is 0 Å². The molecule has 2 rings (SSSR count). The van der Waals surface area contributed by atoms with E-state index >= 15 is 0 Å². The van der Waals surface area contributed by atoms with Crippen LogP contribution in [0, 0.1) is 6.92 Å². The van der Waals surface area contributed by atoms with Crippen molar-refractivity contribution >= 4 is 23.7 Å². The Labute approximate surface area is 148 Å². The van der Waals surface area contributed by atoms with Crippen molar-refractivity contribution in [2.24, 2.45) is 0 Å². The highest BCUT2D eigenvalue weighted by molar-refractivity contribution is 8.00. The summed E-state index contributed by atoms with van der Waals surface area (Å²) in [7, 11) is 0. The number of aryl methyl sites for hydroxylation is 1. The van der Waals surface area contributed by atoms with Crippen LogP contribution in [0.5, 0.6) is 0 Å². The van der Waals surface area contributed by atoms with Gasteiger partial charge in [-0.25, -0.2) is 4.79 Å². The second kappa shape index (κ2) is 8.42. The Bertz CT molecular complexity index is 591. The van der Waals surface area contributed by atoms with Crippen molar-refractivity contribution in [3.8, 4) is 0 Å². The molecule has 24 heavy (non-hydrogen) atoms. The van der Waals surface area contributed by atoms with Gasteiger partial charge in [0.15, 0.2) is 0 Å². The fraction of sp³-hybridized carbons (Fsp3) is 0.556. The molecule has 1 saturated heterocycles. The number of thioether (sulfide) groups is 1. The molecule has 0 spiro atoms. The molecule has 0 aromatic heterocycles. The lowest BCUT2D eigenvalue weighted by atomic mass is 10.1. The van der Waals surface area contributed by atoms with E-state index in [4.69, 9.17) is 0 Å². The van der Waals surface area contributed by atoms with Gasteiger partial charge in [0.2, 0.25) is 5.91 Å². The van der Waals surface area contributed by atoms with Gasteiger partial charge >= 0.3 is 6.03 Å². The summed E-state index contributed by atoms with van der Waals surface area (Å²) in [5, 5.41) is 2.89. The number of urea groups is 1. The van der Waals surface area contributed by atoms with E-state index in [2.05, 4.69) is 24.4 Å². The molecule has 1 aromatic rings. The predicted octanol–water partition coefficient (Wildman–Crippen LogP) is 3.01. The molecule has 1 aliphatic heterocycles. The number of nitrogens with one attached hydrogen (secondary N) is 1. The molecule has 3 amide bonds. The largest absolute Gasteiger partial charge is 0.338 e. The maximum absolute atomic E-state index is 12.3. The van der Waals surface area contributed by atoms with Crippen molar-refractivity contribution in [1.29, 1.82) is 0 Å². The zero-order valence-corrected chi connectivity index (χ0v) is 15.7. The fourth-order valence-corrected chi connectivity index (χ4v) is 4.19. The van der Waals surface area contributed by atoms with Crippen LogP contribution < -0.4 is 5.32 Å². The van der Waals surface area contributed by atoms with Crippen molar-refractivity contribution in [2.45, 2.75) is 39.1 Å². The highest BCUT2D eigenvalue weighted by Crippen LogP contribution is 2.39. The first kappa shape index (κ1) is 18.6. The van der Waals surface area contributed by atoms with Gasteiger partial charge < -0.3 is 15.1 Å².